The van der Waals surface area contributed by atoms with Crippen LogP contribution in [-0.2, 0) is 4.74 Å². The van der Waals surface area contributed by atoms with Crippen molar-refractivity contribution in [3.63, 3.8) is 0 Å². The first-order valence-electron chi connectivity index (χ1n) is 7.67. The number of nitriles is 1. The molecule has 0 saturated carbocycles. The summed E-state index contributed by atoms with van der Waals surface area (Å²) in [7, 11) is 0. The summed E-state index contributed by atoms with van der Waals surface area (Å²) >= 11 is 0. The fraction of sp³-hybridized carbons (Fsp3) is 0.933. The van der Waals surface area contributed by atoms with E-state index in [4.69, 9.17) is 15.7 Å². The molecular formula is C15H29N3O. The van der Waals surface area contributed by atoms with Gasteiger partial charge in [-0.05, 0) is 51.6 Å². The van der Waals surface area contributed by atoms with Crippen molar-refractivity contribution in [2.45, 2.75) is 64.0 Å². The van der Waals surface area contributed by atoms with E-state index in [-0.39, 0.29) is 0 Å². The van der Waals surface area contributed by atoms with Crippen molar-refractivity contribution >= 4 is 0 Å². The molecule has 2 N–H and O–H groups in total. The molecule has 1 heterocycles. The van der Waals surface area contributed by atoms with Crippen LogP contribution >= 0.6 is 0 Å². The summed E-state index contributed by atoms with van der Waals surface area (Å²) in [5, 5.41) is 9.05. The minimum absolute atomic E-state index is 0.401. The van der Waals surface area contributed by atoms with Gasteiger partial charge in [0, 0.05) is 13.2 Å². The highest BCUT2D eigenvalue weighted by Crippen LogP contribution is 2.17. The Hall–Kier alpha value is -0.630. The molecule has 2 atom stereocenters. The van der Waals surface area contributed by atoms with Crippen LogP contribution in [0.2, 0.25) is 0 Å². The average Bonchev–Trinajstić information content (AvgIpc) is 2.45. The zero-order valence-corrected chi connectivity index (χ0v) is 12.5. The molecule has 0 aromatic heterocycles. The lowest BCUT2D eigenvalue weighted by atomic mass is 9.93. The van der Waals surface area contributed by atoms with Crippen LogP contribution in [0.4, 0.5) is 0 Å². The molecule has 1 saturated heterocycles. The summed E-state index contributed by atoms with van der Waals surface area (Å²) in [5.74, 6) is 0. The van der Waals surface area contributed by atoms with Gasteiger partial charge in [-0.2, -0.15) is 5.26 Å². The highest BCUT2D eigenvalue weighted by Gasteiger charge is 2.23. The van der Waals surface area contributed by atoms with Crippen molar-refractivity contribution in [1.82, 2.24) is 4.90 Å². The molecule has 4 heteroatoms. The summed E-state index contributed by atoms with van der Waals surface area (Å²) in [6.45, 7) is 8.23. The maximum absolute atomic E-state index is 9.05. The molecule has 110 valence electrons. The lowest BCUT2D eigenvalue weighted by molar-refractivity contribution is -0.000551. The van der Waals surface area contributed by atoms with Crippen LogP contribution in [0.5, 0.6) is 0 Å². The summed E-state index contributed by atoms with van der Waals surface area (Å²) in [4.78, 5) is 2.46. The molecular weight excluding hydrogens is 238 g/mol. The molecule has 19 heavy (non-hydrogen) atoms. The van der Waals surface area contributed by atoms with E-state index in [0.29, 0.717) is 6.10 Å². The second-order valence-electron chi connectivity index (χ2n) is 5.66. The zero-order chi connectivity index (χ0) is 14.1. The van der Waals surface area contributed by atoms with Crippen molar-refractivity contribution in [2.75, 3.05) is 26.2 Å². The lowest BCUT2D eigenvalue weighted by Crippen LogP contribution is -2.42. The SMILES string of the molecule is CCCOC1CCCN(CCCC(N)(C#N)CC)C1. The van der Waals surface area contributed by atoms with Gasteiger partial charge in [0.2, 0.25) is 0 Å². The van der Waals surface area contributed by atoms with E-state index < -0.39 is 5.54 Å². The topological polar surface area (TPSA) is 62.3 Å². The molecule has 1 aliphatic heterocycles. The second-order valence-corrected chi connectivity index (χ2v) is 5.66. The minimum Gasteiger partial charge on any atom is -0.377 e. The summed E-state index contributed by atoms with van der Waals surface area (Å²) in [6.07, 6.45) is 6.41. The molecule has 0 aromatic carbocycles. The Morgan fingerprint density at radius 2 is 2.26 bits per heavy atom. The van der Waals surface area contributed by atoms with Crippen molar-refractivity contribution in [3.05, 3.63) is 0 Å². The highest BCUT2D eigenvalue weighted by atomic mass is 16.5. The van der Waals surface area contributed by atoms with E-state index in [9.17, 15) is 0 Å². The van der Waals surface area contributed by atoms with Crippen LogP contribution in [0.3, 0.4) is 0 Å². The number of rotatable bonds is 8. The Morgan fingerprint density at radius 1 is 1.47 bits per heavy atom. The largest absolute Gasteiger partial charge is 0.377 e. The number of nitrogens with two attached hydrogens (primary N) is 1. The Bertz CT molecular complexity index is 290. The molecule has 0 spiro atoms. The Labute approximate surface area is 117 Å². The fourth-order valence-corrected chi connectivity index (χ4v) is 2.57. The van der Waals surface area contributed by atoms with E-state index in [1.807, 2.05) is 6.92 Å². The summed E-state index contributed by atoms with van der Waals surface area (Å²) in [6, 6.07) is 2.24. The third-order valence-corrected chi connectivity index (χ3v) is 3.97. The van der Waals surface area contributed by atoms with Crippen LogP contribution < -0.4 is 5.73 Å². The normalized spacial score (nSPS) is 23.8. The van der Waals surface area contributed by atoms with E-state index in [1.54, 1.807) is 0 Å². The average molecular weight is 267 g/mol. The van der Waals surface area contributed by atoms with Crippen LogP contribution in [0.1, 0.15) is 52.4 Å². The lowest BCUT2D eigenvalue weighted by Gasteiger charge is -2.33. The van der Waals surface area contributed by atoms with Crippen LogP contribution in [-0.4, -0.2) is 42.8 Å². The third kappa shape index (κ3) is 5.90. The highest BCUT2D eigenvalue weighted by molar-refractivity contribution is 5.03. The maximum atomic E-state index is 9.05. The van der Waals surface area contributed by atoms with Gasteiger partial charge in [0.15, 0.2) is 0 Å². The molecule has 0 aliphatic carbocycles. The van der Waals surface area contributed by atoms with Gasteiger partial charge < -0.3 is 15.4 Å². The first-order chi connectivity index (χ1) is 9.13. The van der Waals surface area contributed by atoms with Crippen LogP contribution in [0.25, 0.3) is 0 Å². The number of piperidine rings is 1. The molecule has 0 radical (unpaired) electrons. The fourth-order valence-electron chi connectivity index (χ4n) is 2.57. The quantitative estimate of drug-likeness (QED) is 0.733. The number of nitrogens with zero attached hydrogens (tertiary/aromatic N) is 2. The molecule has 1 aliphatic rings. The number of hydrogen-bond acceptors (Lipinski definition) is 4. The maximum Gasteiger partial charge on any atom is 0.104 e. The van der Waals surface area contributed by atoms with Gasteiger partial charge in [-0.1, -0.05) is 13.8 Å². The van der Waals surface area contributed by atoms with Gasteiger partial charge in [0.1, 0.15) is 5.54 Å². The van der Waals surface area contributed by atoms with Crippen molar-refractivity contribution in [1.29, 1.82) is 5.26 Å². The Balaban J connectivity index is 2.24. The van der Waals surface area contributed by atoms with Gasteiger partial charge in [-0.25, -0.2) is 0 Å². The summed E-state index contributed by atoms with van der Waals surface area (Å²) < 4.78 is 5.83. The van der Waals surface area contributed by atoms with Gasteiger partial charge >= 0.3 is 0 Å². The standard InChI is InChI=1S/C15H29N3O/c1-3-11-19-14-7-5-9-18(12-14)10-6-8-15(17,4-2)13-16/h14H,3-12,17H2,1-2H3. The minimum atomic E-state index is -0.631. The predicted octanol–water partition coefficient (Wildman–Crippen LogP) is 2.29. The van der Waals surface area contributed by atoms with E-state index >= 15 is 0 Å². The molecule has 2 unspecified atom stereocenters. The second kappa shape index (κ2) is 8.52. The molecule has 1 fully saturated rings. The smallest absolute Gasteiger partial charge is 0.104 e. The van der Waals surface area contributed by atoms with Crippen molar-refractivity contribution < 1.29 is 4.74 Å². The number of likely N-dealkylation sites (tertiary alicyclic amines) is 1. The van der Waals surface area contributed by atoms with Gasteiger partial charge in [-0.15, -0.1) is 0 Å². The number of ether oxygens (including phenoxy) is 1. The first kappa shape index (κ1) is 16.4. The molecule has 1 rings (SSSR count). The first-order valence-corrected chi connectivity index (χ1v) is 7.67. The Morgan fingerprint density at radius 3 is 2.89 bits per heavy atom. The Kier molecular flexibility index (Phi) is 7.37. The van der Waals surface area contributed by atoms with Crippen molar-refractivity contribution in [3.8, 4) is 6.07 Å². The number of hydrogen-bond donors (Lipinski definition) is 1. The molecule has 0 bridgehead atoms. The van der Waals surface area contributed by atoms with Crippen LogP contribution in [0.15, 0.2) is 0 Å². The van der Waals surface area contributed by atoms with Gasteiger partial charge in [0.05, 0.1) is 12.2 Å². The monoisotopic (exact) mass is 267 g/mol. The van der Waals surface area contributed by atoms with Crippen molar-refractivity contribution in [2.24, 2.45) is 5.73 Å². The molecule has 4 nitrogen and oxygen atoms in total. The third-order valence-electron chi connectivity index (χ3n) is 3.97. The van der Waals surface area contributed by atoms with Gasteiger partial charge in [0.25, 0.3) is 0 Å². The summed E-state index contributed by atoms with van der Waals surface area (Å²) in [5.41, 5.74) is 5.37. The predicted molar refractivity (Wildman–Crippen MR) is 77.8 cm³/mol. The molecule has 0 amide bonds. The van der Waals surface area contributed by atoms with Crippen LogP contribution in [0, 0.1) is 11.3 Å². The van der Waals surface area contributed by atoms with Gasteiger partial charge in [-0.3, -0.25) is 0 Å². The van der Waals surface area contributed by atoms with E-state index in [2.05, 4.69) is 17.9 Å². The zero-order valence-electron chi connectivity index (χ0n) is 12.5. The molecule has 0 aromatic rings. The van der Waals surface area contributed by atoms with E-state index in [1.165, 1.54) is 12.8 Å². The van der Waals surface area contributed by atoms with E-state index in [0.717, 1.165) is 51.9 Å².